The van der Waals surface area contributed by atoms with Gasteiger partial charge >= 0.3 is 0 Å². The Morgan fingerprint density at radius 1 is 1.33 bits per heavy atom. The minimum atomic E-state index is 0.0811. The van der Waals surface area contributed by atoms with Crippen LogP contribution in [0.4, 0.5) is 5.69 Å². The van der Waals surface area contributed by atoms with Gasteiger partial charge in [-0.05, 0) is 39.0 Å². The predicted octanol–water partition coefficient (Wildman–Crippen LogP) is 3.55. The van der Waals surface area contributed by atoms with Gasteiger partial charge in [-0.15, -0.1) is 11.3 Å². The summed E-state index contributed by atoms with van der Waals surface area (Å²) in [6.45, 7) is 8.19. The highest BCUT2D eigenvalue weighted by molar-refractivity contribution is 7.09. The Morgan fingerprint density at radius 3 is 2.71 bits per heavy atom. The summed E-state index contributed by atoms with van der Waals surface area (Å²) in [5, 5.41) is 3.36. The van der Waals surface area contributed by atoms with Gasteiger partial charge in [-0.1, -0.05) is 6.07 Å². The number of nitrogens with one attached hydrogen (secondary N) is 1. The number of amides is 1. The smallest absolute Gasteiger partial charge is 0.253 e. The van der Waals surface area contributed by atoms with Crippen molar-refractivity contribution in [3.05, 3.63) is 45.9 Å². The number of aryl methyl sites for hydroxylation is 1. The van der Waals surface area contributed by atoms with E-state index in [4.69, 9.17) is 0 Å². The summed E-state index contributed by atoms with van der Waals surface area (Å²) in [7, 11) is 0. The lowest BCUT2D eigenvalue weighted by molar-refractivity contribution is 0.0773. The molecule has 0 saturated carbocycles. The predicted molar refractivity (Wildman–Crippen MR) is 87.9 cm³/mol. The van der Waals surface area contributed by atoms with Crippen molar-refractivity contribution in [1.82, 2.24) is 9.88 Å². The van der Waals surface area contributed by atoms with E-state index in [2.05, 4.69) is 10.3 Å². The molecular weight excluding hydrogens is 282 g/mol. The van der Waals surface area contributed by atoms with Crippen molar-refractivity contribution in [2.75, 3.05) is 18.4 Å². The molecule has 0 bridgehead atoms. The molecule has 0 unspecified atom stereocenters. The number of nitrogens with zero attached hydrogens (tertiary/aromatic N) is 2. The van der Waals surface area contributed by atoms with E-state index in [1.807, 2.05) is 55.4 Å². The maximum Gasteiger partial charge on any atom is 0.253 e. The molecule has 112 valence electrons. The van der Waals surface area contributed by atoms with Crippen LogP contribution in [-0.4, -0.2) is 28.9 Å². The van der Waals surface area contributed by atoms with Gasteiger partial charge in [0.2, 0.25) is 0 Å². The zero-order chi connectivity index (χ0) is 15.2. The Kier molecular flexibility index (Phi) is 5.33. The standard InChI is InChI=1S/C16H21N3OS/c1-4-19(5-2)16(20)13-7-6-8-14(9-13)17-10-15-12(3)18-11-21-15/h6-9,11,17H,4-5,10H2,1-3H3. The third-order valence-electron chi connectivity index (χ3n) is 3.46. The van der Waals surface area contributed by atoms with Crippen LogP contribution in [0.3, 0.4) is 0 Å². The molecule has 1 N–H and O–H groups in total. The summed E-state index contributed by atoms with van der Waals surface area (Å²) in [4.78, 5) is 19.6. The molecule has 0 radical (unpaired) electrons. The Balaban J connectivity index is 2.07. The van der Waals surface area contributed by atoms with Crippen molar-refractivity contribution in [2.24, 2.45) is 0 Å². The Hall–Kier alpha value is -1.88. The lowest BCUT2D eigenvalue weighted by Gasteiger charge is -2.19. The van der Waals surface area contributed by atoms with Crippen molar-refractivity contribution < 1.29 is 4.79 Å². The normalized spacial score (nSPS) is 10.4. The fraction of sp³-hybridized carbons (Fsp3) is 0.375. The van der Waals surface area contributed by atoms with Crippen LogP contribution in [0.5, 0.6) is 0 Å². The molecule has 1 aromatic heterocycles. The number of thiazole rings is 1. The highest BCUT2D eigenvalue weighted by Gasteiger charge is 2.12. The molecule has 4 nitrogen and oxygen atoms in total. The molecule has 21 heavy (non-hydrogen) atoms. The van der Waals surface area contributed by atoms with E-state index >= 15 is 0 Å². The zero-order valence-corrected chi connectivity index (χ0v) is 13.5. The van der Waals surface area contributed by atoms with Gasteiger partial charge in [-0.3, -0.25) is 4.79 Å². The van der Waals surface area contributed by atoms with E-state index in [9.17, 15) is 4.79 Å². The first-order chi connectivity index (χ1) is 10.2. The molecule has 0 spiro atoms. The van der Waals surface area contributed by atoms with Crippen molar-refractivity contribution in [3.63, 3.8) is 0 Å². The van der Waals surface area contributed by atoms with Gasteiger partial charge in [0, 0.05) is 29.2 Å². The Labute approximate surface area is 129 Å². The van der Waals surface area contributed by atoms with Gasteiger partial charge < -0.3 is 10.2 Å². The number of carbonyl (C=O) groups is 1. The minimum absolute atomic E-state index is 0.0811. The monoisotopic (exact) mass is 303 g/mol. The first-order valence-electron chi connectivity index (χ1n) is 7.17. The molecule has 1 heterocycles. The third kappa shape index (κ3) is 3.82. The van der Waals surface area contributed by atoms with Crippen LogP contribution in [0.1, 0.15) is 34.8 Å². The van der Waals surface area contributed by atoms with E-state index in [0.717, 1.165) is 36.6 Å². The maximum absolute atomic E-state index is 12.3. The second-order valence-electron chi connectivity index (χ2n) is 4.77. The summed E-state index contributed by atoms with van der Waals surface area (Å²) in [6, 6.07) is 7.68. The highest BCUT2D eigenvalue weighted by Crippen LogP contribution is 2.17. The topological polar surface area (TPSA) is 45.2 Å². The van der Waals surface area contributed by atoms with Gasteiger partial charge in [0.15, 0.2) is 0 Å². The first-order valence-corrected chi connectivity index (χ1v) is 8.05. The summed E-state index contributed by atoms with van der Waals surface area (Å²) in [5.74, 6) is 0.0811. The van der Waals surface area contributed by atoms with Crippen molar-refractivity contribution in [3.8, 4) is 0 Å². The van der Waals surface area contributed by atoms with E-state index in [0.29, 0.717) is 0 Å². The van der Waals surface area contributed by atoms with Crippen LogP contribution < -0.4 is 5.32 Å². The Bertz CT molecular complexity index is 605. The highest BCUT2D eigenvalue weighted by atomic mass is 32.1. The first kappa shape index (κ1) is 15.5. The zero-order valence-electron chi connectivity index (χ0n) is 12.7. The number of rotatable bonds is 6. The average molecular weight is 303 g/mol. The van der Waals surface area contributed by atoms with E-state index < -0.39 is 0 Å². The lowest BCUT2D eigenvalue weighted by atomic mass is 10.1. The molecule has 0 atom stereocenters. The van der Waals surface area contributed by atoms with E-state index in [1.165, 1.54) is 4.88 Å². The number of anilines is 1. The Morgan fingerprint density at radius 2 is 2.10 bits per heavy atom. The second kappa shape index (κ2) is 7.22. The van der Waals surface area contributed by atoms with Crippen molar-refractivity contribution >= 4 is 22.9 Å². The minimum Gasteiger partial charge on any atom is -0.380 e. The molecule has 1 aromatic carbocycles. The fourth-order valence-corrected chi connectivity index (χ4v) is 2.85. The molecular formula is C16H21N3OS. The van der Waals surface area contributed by atoms with Crippen molar-refractivity contribution in [2.45, 2.75) is 27.3 Å². The number of hydrogen-bond acceptors (Lipinski definition) is 4. The third-order valence-corrected chi connectivity index (χ3v) is 4.39. The lowest BCUT2D eigenvalue weighted by Crippen LogP contribution is -2.30. The number of hydrogen-bond donors (Lipinski definition) is 1. The average Bonchev–Trinajstić information content (AvgIpc) is 2.92. The summed E-state index contributed by atoms with van der Waals surface area (Å²) in [6.07, 6.45) is 0. The maximum atomic E-state index is 12.3. The van der Waals surface area contributed by atoms with Crippen LogP contribution in [-0.2, 0) is 6.54 Å². The SMILES string of the molecule is CCN(CC)C(=O)c1cccc(NCc2scnc2C)c1. The van der Waals surface area contributed by atoms with Crippen LogP contribution in [0.2, 0.25) is 0 Å². The van der Waals surface area contributed by atoms with Gasteiger partial charge in [0.25, 0.3) is 5.91 Å². The van der Waals surface area contributed by atoms with Crippen LogP contribution in [0.15, 0.2) is 29.8 Å². The van der Waals surface area contributed by atoms with Crippen LogP contribution in [0.25, 0.3) is 0 Å². The molecule has 1 amide bonds. The molecule has 2 rings (SSSR count). The molecule has 5 heteroatoms. The summed E-state index contributed by atoms with van der Waals surface area (Å²) >= 11 is 1.64. The van der Waals surface area contributed by atoms with Gasteiger partial charge in [-0.25, -0.2) is 4.98 Å². The second-order valence-corrected chi connectivity index (χ2v) is 5.71. The quantitative estimate of drug-likeness (QED) is 0.887. The number of carbonyl (C=O) groups excluding carboxylic acids is 1. The molecule has 0 aliphatic heterocycles. The van der Waals surface area contributed by atoms with Crippen LogP contribution in [0, 0.1) is 6.92 Å². The summed E-state index contributed by atoms with van der Waals surface area (Å²) in [5.41, 5.74) is 4.60. The van der Waals surface area contributed by atoms with E-state index in [-0.39, 0.29) is 5.91 Å². The van der Waals surface area contributed by atoms with Crippen LogP contribution >= 0.6 is 11.3 Å². The van der Waals surface area contributed by atoms with Gasteiger partial charge in [0.1, 0.15) is 0 Å². The molecule has 2 aromatic rings. The molecule has 0 saturated heterocycles. The fourth-order valence-electron chi connectivity index (χ4n) is 2.13. The van der Waals surface area contributed by atoms with Crippen molar-refractivity contribution in [1.29, 1.82) is 0 Å². The molecule has 0 fully saturated rings. The van der Waals surface area contributed by atoms with Gasteiger partial charge in [0.05, 0.1) is 17.7 Å². The number of aromatic nitrogens is 1. The molecule has 0 aliphatic carbocycles. The summed E-state index contributed by atoms with van der Waals surface area (Å²) < 4.78 is 0. The molecule has 0 aliphatic rings. The largest absolute Gasteiger partial charge is 0.380 e. The van der Waals surface area contributed by atoms with E-state index in [1.54, 1.807) is 11.3 Å². The number of benzene rings is 1. The van der Waals surface area contributed by atoms with Gasteiger partial charge in [-0.2, -0.15) is 0 Å².